The number of likely N-dealkylation sites (tertiary alicyclic amines) is 1. The quantitative estimate of drug-likeness (QED) is 0.873. The summed E-state index contributed by atoms with van der Waals surface area (Å²) in [6.45, 7) is 11.1. The molecule has 6 heteroatoms. The number of rotatable bonds is 1. The first-order chi connectivity index (χ1) is 11.2. The van der Waals surface area contributed by atoms with Crippen molar-refractivity contribution in [3.8, 4) is 0 Å². The third-order valence-corrected chi connectivity index (χ3v) is 4.97. The van der Waals surface area contributed by atoms with Crippen molar-refractivity contribution in [1.82, 2.24) is 19.5 Å². The maximum atomic E-state index is 12.4. The van der Waals surface area contributed by atoms with Crippen LogP contribution in [0.2, 0.25) is 0 Å². The predicted molar refractivity (Wildman–Crippen MR) is 93.3 cm³/mol. The van der Waals surface area contributed by atoms with Gasteiger partial charge in [0.2, 0.25) is 5.91 Å². The van der Waals surface area contributed by atoms with E-state index >= 15 is 0 Å². The van der Waals surface area contributed by atoms with Crippen LogP contribution in [0.15, 0.2) is 10.9 Å². The smallest absolute Gasteiger partial charge is 0.275 e. The lowest BCUT2D eigenvalue weighted by Crippen LogP contribution is -2.43. The number of nitrogens with zero attached hydrogens (tertiary/aromatic N) is 3. The Morgan fingerprint density at radius 2 is 1.88 bits per heavy atom. The van der Waals surface area contributed by atoms with Gasteiger partial charge < -0.3 is 4.90 Å². The molecule has 0 aromatic carbocycles. The molecule has 0 atom stereocenters. The number of nitrogens with one attached hydrogen (secondary N) is 1. The Morgan fingerprint density at radius 1 is 1.25 bits per heavy atom. The number of aromatic nitrogens is 3. The highest BCUT2D eigenvalue weighted by molar-refractivity contribution is 5.81. The van der Waals surface area contributed by atoms with E-state index in [0.717, 1.165) is 37.3 Å². The summed E-state index contributed by atoms with van der Waals surface area (Å²) in [4.78, 5) is 31.2. The number of carbonyl (C=O) groups is 1. The SMILES string of the molecule is Cc1nc2cc(C3CCN(C(=O)C(C)(C)C)CC3)[nH]n2c(=O)c1C. The Kier molecular flexibility index (Phi) is 4.01. The Bertz CT molecular complexity index is 833. The van der Waals surface area contributed by atoms with Crippen LogP contribution >= 0.6 is 0 Å². The van der Waals surface area contributed by atoms with Crippen LogP contribution in [0.1, 0.15) is 56.5 Å². The summed E-state index contributed by atoms with van der Waals surface area (Å²) in [5.74, 6) is 0.539. The lowest BCUT2D eigenvalue weighted by Gasteiger charge is -2.35. The largest absolute Gasteiger partial charge is 0.342 e. The first kappa shape index (κ1) is 16.7. The van der Waals surface area contributed by atoms with E-state index in [0.29, 0.717) is 17.1 Å². The number of piperidine rings is 1. The van der Waals surface area contributed by atoms with Gasteiger partial charge in [0.05, 0.1) is 0 Å². The van der Waals surface area contributed by atoms with Crippen molar-refractivity contribution in [3.05, 3.63) is 33.4 Å². The van der Waals surface area contributed by atoms with Crippen molar-refractivity contribution in [3.63, 3.8) is 0 Å². The van der Waals surface area contributed by atoms with Crippen LogP contribution in [-0.4, -0.2) is 38.5 Å². The Balaban J connectivity index is 1.80. The first-order valence-corrected chi connectivity index (χ1v) is 8.56. The van der Waals surface area contributed by atoms with Gasteiger partial charge in [-0.2, -0.15) is 0 Å². The molecular formula is C18H26N4O2. The molecule has 6 nitrogen and oxygen atoms in total. The lowest BCUT2D eigenvalue weighted by molar-refractivity contribution is -0.140. The van der Waals surface area contributed by atoms with Gasteiger partial charge >= 0.3 is 0 Å². The van der Waals surface area contributed by atoms with E-state index in [1.807, 2.05) is 38.7 Å². The number of carbonyl (C=O) groups excluding carboxylic acids is 1. The molecule has 1 N–H and O–H groups in total. The van der Waals surface area contributed by atoms with Gasteiger partial charge in [-0.1, -0.05) is 20.8 Å². The summed E-state index contributed by atoms with van der Waals surface area (Å²) < 4.78 is 1.53. The number of H-pyrrole nitrogens is 1. The zero-order valence-electron chi connectivity index (χ0n) is 15.1. The number of aryl methyl sites for hydroxylation is 1. The minimum Gasteiger partial charge on any atom is -0.342 e. The molecule has 0 saturated carbocycles. The van der Waals surface area contributed by atoms with Gasteiger partial charge in [-0.25, -0.2) is 9.50 Å². The highest BCUT2D eigenvalue weighted by atomic mass is 16.2. The average Bonchev–Trinajstić information content (AvgIpc) is 2.95. The second-order valence-electron chi connectivity index (χ2n) is 7.85. The van der Waals surface area contributed by atoms with E-state index < -0.39 is 0 Å². The van der Waals surface area contributed by atoms with Crippen molar-refractivity contribution in [2.45, 2.75) is 53.4 Å². The number of hydrogen-bond acceptors (Lipinski definition) is 3. The molecule has 0 aliphatic carbocycles. The van der Waals surface area contributed by atoms with E-state index in [2.05, 4.69) is 10.1 Å². The van der Waals surface area contributed by atoms with E-state index in [-0.39, 0.29) is 16.9 Å². The van der Waals surface area contributed by atoms with Crippen LogP contribution < -0.4 is 5.56 Å². The Labute approximate surface area is 141 Å². The summed E-state index contributed by atoms with van der Waals surface area (Å²) >= 11 is 0. The van der Waals surface area contributed by atoms with Crippen LogP contribution in [0.5, 0.6) is 0 Å². The van der Waals surface area contributed by atoms with E-state index in [1.165, 1.54) is 4.52 Å². The minimum atomic E-state index is -0.333. The Hall–Kier alpha value is -2.11. The molecule has 0 unspecified atom stereocenters. The summed E-state index contributed by atoms with van der Waals surface area (Å²) in [5.41, 5.74) is 2.78. The molecule has 130 valence electrons. The normalized spacial score (nSPS) is 16.8. The third kappa shape index (κ3) is 2.85. The number of fused-ring (bicyclic) bond motifs is 1. The van der Waals surface area contributed by atoms with Crippen molar-refractivity contribution in [1.29, 1.82) is 0 Å². The molecule has 3 heterocycles. The second-order valence-corrected chi connectivity index (χ2v) is 7.85. The van der Waals surface area contributed by atoms with Gasteiger partial charge in [0.15, 0.2) is 5.65 Å². The fourth-order valence-corrected chi connectivity index (χ4v) is 3.31. The molecule has 3 rings (SSSR count). The fourth-order valence-electron chi connectivity index (χ4n) is 3.31. The van der Waals surface area contributed by atoms with Gasteiger partial charge in [0.1, 0.15) is 0 Å². The minimum absolute atomic E-state index is 0.0379. The highest BCUT2D eigenvalue weighted by Crippen LogP contribution is 2.29. The monoisotopic (exact) mass is 330 g/mol. The molecule has 2 aromatic rings. The van der Waals surface area contributed by atoms with Crippen LogP contribution in [0, 0.1) is 19.3 Å². The molecule has 0 radical (unpaired) electrons. The summed E-state index contributed by atoms with van der Waals surface area (Å²) in [6.07, 6.45) is 1.81. The van der Waals surface area contributed by atoms with Gasteiger partial charge in [-0.05, 0) is 26.7 Å². The maximum Gasteiger partial charge on any atom is 0.275 e. The van der Waals surface area contributed by atoms with Crippen molar-refractivity contribution < 1.29 is 4.79 Å². The van der Waals surface area contributed by atoms with Gasteiger partial charge in [0.25, 0.3) is 5.56 Å². The van der Waals surface area contributed by atoms with Crippen molar-refractivity contribution >= 4 is 11.6 Å². The van der Waals surface area contributed by atoms with E-state index in [1.54, 1.807) is 6.92 Å². The van der Waals surface area contributed by atoms with Crippen LogP contribution in [0.25, 0.3) is 5.65 Å². The standard InChI is InChI=1S/C18H26N4O2/c1-11-12(2)19-15-10-14(20-22(15)16(11)23)13-6-8-21(9-7-13)17(24)18(3,4)5/h10,13,20H,6-9H2,1-5H3. The molecule has 1 aliphatic heterocycles. The topological polar surface area (TPSA) is 70.5 Å². The third-order valence-electron chi connectivity index (χ3n) is 4.97. The van der Waals surface area contributed by atoms with Gasteiger partial charge in [-0.3, -0.25) is 14.7 Å². The fraction of sp³-hybridized carbons (Fsp3) is 0.611. The molecular weight excluding hydrogens is 304 g/mol. The van der Waals surface area contributed by atoms with E-state index in [9.17, 15) is 9.59 Å². The maximum absolute atomic E-state index is 12.4. The van der Waals surface area contributed by atoms with E-state index in [4.69, 9.17) is 0 Å². The number of amides is 1. The lowest BCUT2D eigenvalue weighted by atomic mass is 9.90. The van der Waals surface area contributed by atoms with Crippen molar-refractivity contribution in [2.24, 2.45) is 5.41 Å². The molecule has 1 saturated heterocycles. The molecule has 2 aromatic heterocycles. The summed E-state index contributed by atoms with van der Waals surface area (Å²) in [5, 5.41) is 3.21. The average molecular weight is 330 g/mol. The zero-order chi connectivity index (χ0) is 17.6. The molecule has 1 aliphatic rings. The summed E-state index contributed by atoms with van der Waals surface area (Å²) in [6, 6.07) is 1.97. The molecule has 24 heavy (non-hydrogen) atoms. The molecule has 0 spiro atoms. The van der Waals surface area contributed by atoms with Crippen LogP contribution in [0.3, 0.4) is 0 Å². The molecule has 1 fully saturated rings. The van der Waals surface area contributed by atoms with Crippen molar-refractivity contribution in [2.75, 3.05) is 13.1 Å². The van der Waals surface area contributed by atoms with Crippen LogP contribution in [0.4, 0.5) is 0 Å². The Morgan fingerprint density at radius 3 is 2.46 bits per heavy atom. The van der Waals surface area contributed by atoms with Gasteiger partial charge in [0, 0.05) is 47.4 Å². The predicted octanol–water partition coefficient (Wildman–Crippen LogP) is 2.39. The number of aromatic amines is 1. The molecule has 0 bridgehead atoms. The highest BCUT2D eigenvalue weighted by Gasteiger charge is 2.31. The second kappa shape index (κ2) is 5.76. The summed E-state index contributed by atoms with van der Waals surface area (Å²) in [7, 11) is 0. The van der Waals surface area contributed by atoms with Crippen LogP contribution in [-0.2, 0) is 4.79 Å². The number of hydrogen-bond donors (Lipinski definition) is 1. The van der Waals surface area contributed by atoms with Gasteiger partial charge in [-0.15, -0.1) is 0 Å². The first-order valence-electron chi connectivity index (χ1n) is 8.56. The zero-order valence-corrected chi connectivity index (χ0v) is 15.1. The molecule has 1 amide bonds.